The summed E-state index contributed by atoms with van der Waals surface area (Å²) in [5.74, 6) is 0.353. The van der Waals surface area contributed by atoms with E-state index in [1.165, 1.54) is 0 Å². The first-order chi connectivity index (χ1) is 7.72. The second kappa shape index (κ2) is 4.85. The van der Waals surface area contributed by atoms with E-state index >= 15 is 0 Å². The van der Waals surface area contributed by atoms with Crippen LogP contribution < -0.4 is 5.32 Å². The molecule has 1 unspecified atom stereocenters. The molecule has 1 saturated heterocycles. The Kier molecular flexibility index (Phi) is 3.46. The highest BCUT2D eigenvalue weighted by Gasteiger charge is 2.36. The highest BCUT2D eigenvalue weighted by molar-refractivity contribution is 5.84. The summed E-state index contributed by atoms with van der Waals surface area (Å²) < 4.78 is 0. The maximum atomic E-state index is 12.3. The zero-order valence-corrected chi connectivity index (χ0v) is 9.87. The van der Waals surface area contributed by atoms with Crippen molar-refractivity contribution in [3.63, 3.8) is 0 Å². The minimum absolute atomic E-state index is 0.0184. The molecule has 1 N–H and O–H groups in total. The molecule has 90 valence electrons. The Labute approximate surface area is 96.4 Å². The number of nitrogens with one attached hydrogen (secondary N) is 1. The third kappa shape index (κ3) is 2.54. The topological polar surface area (TPSA) is 49.4 Å². The number of piperidine rings is 1. The highest BCUT2D eigenvalue weighted by Crippen LogP contribution is 2.29. The maximum Gasteiger partial charge on any atom is 0.227 e. The van der Waals surface area contributed by atoms with Crippen molar-refractivity contribution in [1.29, 1.82) is 0 Å². The van der Waals surface area contributed by atoms with Gasteiger partial charge in [0.15, 0.2) is 0 Å². The van der Waals surface area contributed by atoms with E-state index in [-0.39, 0.29) is 17.7 Å². The Hall–Kier alpha value is -1.06. The fraction of sp³-hybridized carbons (Fsp3) is 0.833. The quantitative estimate of drug-likeness (QED) is 0.771. The van der Waals surface area contributed by atoms with Crippen molar-refractivity contribution in [3.8, 4) is 0 Å². The summed E-state index contributed by atoms with van der Waals surface area (Å²) in [7, 11) is 0. The molecule has 2 fully saturated rings. The smallest absolute Gasteiger partial charge is 0.227 e. The van der Waals surface area contributed by atoms with Crippen molar-refractivity contribution in [2.24, 2.45) is 5.92 Å². The van der Waals surface area contributed by atoms with Crippen LogP contribution in [0.4, 0.5) is 0 Å². The molecule has 0 aromatic carbocycles. The van der Waals surface area contributed by atoms with Gasteiger partial charge in [-0.2, -0.15) is 0 Å². The molecule has 4 nitrogen and oxygen atoms in total. The van der Waals surface area contributed by atoms with Gasteiger partial charge in [-0.3, -0.25) is 9.59 Å². The van der Waals surface area contributed by atoms with Crippen LogP contribution in [0.25, 0.3) is 0 Å². The van der Waals surface area contributed by atoms with Crippen LogP contribution in [0, 0.1) is 5.92 Å². The first-order valence-electron chi connectivity index (χ1n) is 6.29. The zero-order chi connectivity index (χ0) is 11.5. The number of hydrogen-bond donors (Lipinski definition) is 1. The first kappa shape index (κ1) is 11.4. The molecule has 0 spiro atoms. The molecule has 1 aliphatic carbocycles. The average molecular weight is 224 g/mol. The zero-order valence-electron chi connectivity index (χ0n) is 9.87. The van der Waals surface area contributed by atoms with E-state index in [1.54, 1.807) is 0 Å². The van der Waals surface area contributed by atoms with Crippen LogP contribution in [0.5, 0.6) is 0 Å². The van der Waals surface area contributed by atoms with Gasteiger partial charge in [0.1, 0.15) is 0 Å². The lowest BCUT2D eigenvalue weighted by Crippen LogP contribution is -2.45. The first-order valence-corrected chi connectivity index (χ1v) is 6.29. The SMILES string of the molecule is CCCN(C(=O)C1CCC(=O)NC1)C1CC1. The van der Waals surface area contributed by atoms with Gasteiger partial charge < -0.3 is 10.2 Å². The number of amides is 2. The fourth-order valence-electron chi connectivity index (χ4n) is 2.28. The lowest BCUT2D eigenvalue weighted by atomic mass is 9.97. The van der Waals surface area contributed by atoms with Crippen molar-refractivity contribution < 1.29 is 9.59 Å². The fourth-order valence-corrected chi connectivity index (χ4v) is 2.28. The number of carbonyl (C=O) groups excluding carboxylic acids is 2. The molecular weight excluding hydrogens is 204 g/mol. The third-order valence-electron chi connectivity index (χ3n) is 3.35. The van der Waals surface area contributed by atoms with Crippen molar-refractivity contribution in [3.05, 3.63) is 0 Å². The molecule has 16 heavy (non-hydrogen) atoms. The van der Waals surface area contributed by atoms with Gasteiger partial charge in [-0.25, -0.2) is 0 Å². The van der Waals surface area contributed by atoms with E-state index in [0.29, 0.717) is 19.0 Å². The Morgan fingerprint density at radius 3 is 2.69 bits per heavy atom. The monoisotopic (exact) mass is 224 g/mol. The summed E-state index contributed by atoms with van der Waals surface area (Å²) in [6, 6.07) is 0.491. The van der Waals surface area contributed by atoms with Crippen LogP contribution in [-0.4, -0.2) is 35.8 Å². The van der Waals surface area contributed by atoms with Gasteiger partial charge in [0.2, 0.25) is 11.8 Å². The van der Waals surface area contributed by atoms with Crippen molar-refractivity contribution in [2.75, 3.05) is 13.1 Å². The summed E-state index contributed by atoms with van der Waals surface area (Å²) in [4.78, 5) is 25.3. The van der Waals surface area contributed by atoms with Crippen molar-refractivity contribution in [1.82, 2.24) is 10.2 Å². The Morgan fingerprint density at radius 1 is 1.44 bits per heavy atom. The van der Waals surface area contributed by atoms with Gasteiger partial charge in [-0.05, 0) is 25.7 Å². The van der Waals surface area contributed by atoms with Gasteiger partial charge in [0.05, 0.1) is 5.92 Å². The van der Waals surface area contributed by atoms with Crippen molar-refractivity contribution in [2.45, 2.75) is 45.1 Å². The van der Waals surface area contributed by atoms with Crippen LogP contribution in [0.1, 0.15) is 39.0 Å². The molecular formula is C12H20N2O2. The maximum absolute atomic E-state index is 12.3. The predicted octanol–water partition coefficient (Wildman–Crippen LogP) is 0.914. The Morgan fingerprint density at radius 2 is 2.19 bits per heavy atom. The minimum atomic E-state index is 0.0184. The molecule has 1 aliphatic heterocycles. The molecule has 1 saturated carbocycles. The van der Waals surface area contributed by atoms with Gasteiger partial charge in [0.25, 0.3) is 0 Å². The minimum Gasteiger partial charge on any atom is -0.355 e. The third-order valence-corrected chi connectivity index (χ3v) is 3.35. The molecule has 4 heteroatoms. The van der Waals surface area contributed by atoms with Crippen LogP contribution in [0.15, 0.2) is 0 Å². The van der Waals surface area contributed by atoms with Gasteiger partial charge in [-0.1, -0.05) is 6.92 Å². The largest absolute Gasteiger partial charge is 0.355 e. The number of carbonyl (C=O) groups is 2. The normalized spacial score (nSPS) is 25.1. The van der Waals surface area contributed by atoms with E-state index in [0.717, 1.165) is 32.2 Å². The van der Waals surface area contributed by atoms with E-state index in [2.05, 4.69) is 12.2 Å². The van der Waals surface area contributed by atoms with E-state index < -0.39 is 0 Å². The average Bonchev–Trinajstić information content (AvgIpc) is 3.10. The predicted molar refractivity (Wildman–Crippen MR) is 60.8 cm³/mol. The highest BCUT2D eigenvalue weighted by atomic mass is 16.2. The molecule has 2 amide bonds. The van der Waals surface area contributed by atoms with Crippen LogP contribution in [0.2, 0.25) is 0 Å². The summed E-state index contributed by atoms with van der Waals surface area (Å²) in [5, 5.41) is 2.78. The summed E-state index contributed by atoms with van der Waals surface area (Å²) >= 11 is 0. The number of nitrogens with zero attached hydrogens (tertiary/aromatic N) is 1. The molecule has 1 atom stereocenters. The Bertz CT molecular complexity index is 277. The van der Waals surface area contributed by atoms with E-state index in [9.17, 15) is 9.59 Å². The summed E-state index contributed by atoms with van der Waals surface area (Å²) in [6.45, 7) is 3.50. The van der Waals surface area contributed by atoms with E-state index in [4.69, 9.17) is 0 Å². The molecule has 0 aromatic rings. The Balaban J connectivity index is 1.91. The lowest BCUT2D eigenvalue weighted by molar-refractivity contribution is -0.138. The van der Waals surface area contributed by atoms with Gasteiger partial charge in [0, 0.05) is 25.6 Å². The summed E-state index contributed by atoms with van der Waals surface area (Å²) in [6.07, 6.45) is 4.55. The van der Waals surface area contributed by atoms with Crippen LogP contribution >= 0.6 is 0 Å². The second-order valence-corrected chi connectivity index (χ2v) is 4.80. The van der Waals surface area contributed by atoms with Crippen LogP contribution in [0.3, 0.4) is 0 Å². The molecule has 1 heterocycles. The van der Waals surface area contributed by atoms with Crippen molar-refractivity contribution >= 4 is 11.8 Å². The second-order valence-electron chi connectivity index (χ2n) is 4.80. The van der Waals surface area contributed by atoms with Crippen LogP contribution in [-0.2, 0) is 9.59 Å². The molecule has 2 aliphatic rings. The van der Waals surface area contributed by atoms with Gasteiger partial charge in [-0.15, -0.1) is 0 Å². The molecule has 0 radical (unpaired) electrons. The molecule has 0 aromatic heterocycles. The molecule has 2 rings (SSSR count). The lowest BCUT2D eigenvalue weighted by Gasteiger charge is -2.29. The molecule has 0 bridgehead atoms. The van der Waals surface area contributed by atoms with E-state index in [1.807, 2.05) is 4.90 Å². The standard InChI is InChI=1S/C12H20N2O2/c1-2-7-14(10-4-5-10)12(16)9-3-6-11(15)13-8-9/h9-10H,2-8H2,1H3,(H,13,15). The number of rotatable bonds is 4. The number of hydrogen-bond acceptors (Lipinski definition) is 2. The van der Waals surface area contributed by atoms with Gasteiger partial charge >= 0.3 is 0 Å². The summed E-state index contributed by atoms with van der Waals surface area (Å²) in [5.41, 5.74) is 0.